The van der Waals surface area contributed by atoms with Crippen LogP contribution in [0.4, 0.5) is 0 Å². The Morgan fingerprint density at radius 3 is 2.89 bits per heavy atom. The highest BCUT2D eigenvalue weighted by atomic mass is 35.5. The number of nitrogens with zero attached hydrogens (tertiary/aromatic N) is 1. The number of rotatable bonds is 7. The number of aromatic nitrogens is 1. The number of hydrogen-bond donors (Lipinski definition) is 0. The number of halogens is 1. The molecule has 1 unspecified atom stereocenters. The molecule has 0 spiro atoms. The van der Waals surface area contributed by atoms with Crippen molar-refractivity contribution >= 4 is 40.8 Å². The Hall–Kier alpha value is -1.89. The second-order valence-electron chi connectivity index (χ2n) is 6.54. The molecule has 3 heterocycles. The maximum absolute atomic E-state index is 12.5. The van der Waals surface area contributed by atoms with Crippen LogP contribution in [0.25, 0.3) is 6.08 Å². The van der Waals surface area contributed by atoms with Gasteiger partial charge in [-0.1, -0.05) is 11.6 Å². The molecule has 7 heteroatoms. The largest absolute Gasteiger partial charge is 0.454 e. The van der Waals surface area contributed by atoms with Crippen molar-refractivity contribution in [2.24, 2.45) is 0 Å². The summed E-state index contributed by atoms with van der Waals surface area (Å²) in [6, 6.07) is 5.42. The van der Waals surface area contributed by atoms with Crippen molar-refractivity contribution < 1.29 is 19.1 Å². The van der Waals surface area contributed by atoms with E-state index in [1.165, 1.54) is 17.4 Å². The van der Waals surface area contributed by atoms with Crippen LogP contribution in [0, 0.1) is 13.8 Å². The summed E-state index contributed by atoms with van der Waals surface area (Å²) < 4.78 is 13.5. The van der Waals surface area contributed by atoms with Gasteiger partial charge in [-0.25, -0.2) is 4.79 Å². The van der Waals surface area contributed by atoms with Gasteiger partial charge in [-0.2, -0.15) is 0 Å². The van der Waals surface area contributed by atoms with Gasteiger partial charge in [0.1, 0.15) is 0 Å². The van der Waals surface area contributed by atoms with Crippen molar-refractivity contribution in [2.75, 3.05) is 13.2 Å². The molecule has 1 aliphatic heterocycles. The molecule has 0 saturated carbocycles. The first-order chi connectivity index (χ1) is 12.9. The Labute approximate surface area is 167 Å². The van der Waals surface area contributed by atoms with Crippen LogP contribution in [0.15, 0.2) is 24.3 Å². The maximum atomic E-state index is 12.5. The molecule has 1 saturated heterocycles. The molecule has 0 amide bonds. The molecule has 0 bridgehead atoms. The van der Waals surface area contributed by atoms with E-state index in [0.29, 0.717) is 9.90 Å². The van der Waals surface area contributed by atoms with Gasteiger partial charge in [-0.15, -0.1) is 11.3 Å². The molecule has 5 nitrogen and oxygen atoms in total. The van der Waals surface area contributed by atoms with Crippen LogP contribution in [-0.4, -0.2) is 35.6 Å². The Bertz CT molecular complexity index is 861. The minimum absolute atomic E-state index is 0.200. The van der Waals surface area contributed by atoms with Crippen LogP contribution in [-0.2, 0) is 20.8 Å². The van der Waals surface area contributed by atoms with Crippen molar-refractivity contribution in [3.05, 3.63) is 50.4 Å². The predicted octanol–water partition coefficient (Wildman–Crippen LogP) is 4.44. The number of hydrogen-bond acceptors (Lipinski definition) is 5. The zero-order chi connectivity index (χ0) is 19.4. The van der Waals surface area contributed by atoms with E-state index in [0.717, 1.165) is 42.3 Å². The first-order valence-corrected chi connectivity index (χ1v) is 10.0. The maximum Gasteiger partial charge on any atom is 0.331 e. The lowest BCUT2D eigenvalue weighted by Gasteiger charge is -2.14. The summed E-state index contributed by atoms with van der Waals surface area (Å²) in [5, 5.41) is 0. The van der Waals surface area contributed by atoms with Gasteiger partial charge < -0.3 is 14.0 Å². The van der Waals surface area contributed by atoms with E-state index in [-0.39, 0.29) is 18.5 Å². The number of ketones is 1. The van der Waals surface area contributed by atoms with Gasteiger partial charge in [0.05, 0.1) is 10.4 Å². The highest BCUT2D eigenvalue weighted by Gasteiger charge is 2.21. The summed E-state index contributed by atoms with van der Waals surface area (Å²) in [4.78, 5) is 25.2. The first kappa shape index (κ1) is 19.9. The van der Waals surface area contributed by atoms with Crippen LogP contribution in [0.3, 0.4) is 0 Å². The molecule has 144 valence electrons. The van der Waals surface area contributed by atoms with Crippen LogP contribution < -0.4 is 0 Å². The summed E-state index contributed by atoms with van der Waals surface area (Å²) in [5.41, 5.74) is 2.48. The lowest BCUT2D eigenvalue weighted by atomic mass is 10.1. The zero-order valence-electron chi connectivity index (χ0n) is 15.4. The first-order valence-electron chi connectivity index (χ1n) is 8.85. The highest BCUT2D eigenvalue weighted by molar-refractivity contribution is 7.17. The van der Waals surface area contributed by atoms with Gasteiger partial charge in [0.2, 0.25) is 5.78 Å². The summed E-state index contributed by atoms with van der Waals surface area (Å²) in [6.45, 7) is 5.16. The lowest BCUT2D eigenvalue weighted by Crippen LogP contribution is -2.18. The Kier molecular flexibility index (Phi) is 6.52. The zero-order valence-corrected chi connectivity index (χ0v) is 16.9. The number of carbonyl (C=O) groups is 2. The van der Waals surface area contributed by atoms with E-state index < -0.39 is 5.97 Å². The van der Waals surface area contributed by atoms with Gasteiger partial charge in [-0.05, 0) is 51.0 Å². The van der Waals surface area contributed by atoms with Gasteiger partial charge in [0.25, 0.3) is 0 Å². The fraction of sp³-hybridized carbons (Fsp3) is 0.400. The summed E-state index contributed by atoms with van der Waals surface area (Å²) in [6.07, 6.45) is 5.25. The molecule has 1 aliphatic rings. The fourth-order valence-corrected chi connectivity index (χ4v) is 4.15. The standard InChI is InChI=1S/C20H22ClNO4S/c1-13-10-17(14(2)22(13)11-15-4-3-9-25-15)18(23)12-26-20(24)8-6-16-5-7-19(21)27-16/h5-8,10,15H,3-4,9,11-12H2,1-2H3. The Balaban J connectivity index is 1.57. The second kappa shape index (κ2) is 8.87. The minimum atomic E-state index is -0.555. The van der Waals surface area contributed by atoms with Gasteiger partial charge in [-0.3, -0.25) is 4.79 Å². The van der Waals surface area contributed by atoms with E-state index in [1.54, 1.807) is 12.1 Å². The molecule has 27 heavy (non-hydrogen) atoms. The molecule has 1 atom stereocenters. The predicted molar refractivity (Wildman–Crippen MR) is 107 cm³/mol. The van der Waals surface area contributed by atoms with Crippen LogP contribution in [0.2, 0.25) is 4.34 Å². The van der Waals surface area contributed by atoms with Gasteiger partial charge in [0.15, 0.2) is 6.61 Å². The minimum Gasteiger partial charge on any atom is -0.454 e. The Morgan fingerprint density at radius 1 is 1.41 bits per heavy atom. The number of ether oxygens (including phenoxy) is 2. The summed E-state index contributed by atoms with van der Waals surface area (Å²) in [7, 11) is 0. The quantitative estimate of drug-likeness (QED) is 0.387. The molecule has 1 fully saturated rings. The molecule has 0 radical (unpaired) electrons. The second-order valence-corrected chi connectivity index (χ2v) is 8.28. The normalized spacial score (nSPS) is 16.9. The summed E-state index contributed by atoms with van der Waals surface area (Å²) >= 11 is 7.20. The van der Waals surface area contributed by atoms with E-state index >= 15 is 0 Å². The third kappa shape index (κ3) is 5.09. The number of Topliss-reactive ketones (excluding diaryl/α,β-unsaturated/α-hetero) is 1. The molecular formula is C20H22ClNO4S. The van der Waals surface area contributed by atoms with E-state index in [4.69, 9.17) is 21.1 Å². The number of carbonyl (C=O) groups excluding carboxylic acids is 2. The smallest absolute Gasteiger partial charge is 0.331 e. The van der Waals surface area contributed by atoms with Gasteiger partial charge >= 0.3 is 5.97 Å². The number of aryl methyl sites for hydroxylation is 1. The molecule has 2 aromatic heterocycles. The highest BCUT2D eigenvalue weighted by Crippen LogP contribution is 2.23. The fourth-order valence-electron chi connectivity index (χ4n) is 3.19. The van der Waals surface area contributed by atoms with E-state index in [2.05, 4.69) is 4.57 Å². The molecule has 3 rings (SSSR count). The average molecular weight is 408 g/mol. The monoisotopic (exact) mass is 407 g/mol. The molecule has 0 aromatic carbocycles. The van der Waals surface area contributed by atoms with Crippen LogP contribution in [0.1, 0.15) is 39.5 Å². The van der Waals surface area contributed by atoms with E-state index in [9.17, 15) is 9.59 Å². The van der Waals surface area contributed by atoms with E-state index in [1.807, 2.05) is 26.0 Å². The van der Waals surface area contributed by atoms with Crippen molar-refractivity contribution in [3.8, 4) is 0 Å². The van der Waals surface area contributed by atoms with Crippen molar-refractivity contribution in [1.82, 2.24) is 4.57 Å². The molecule has 0 aliphatic carbocycles. The number of thiophene rings is 1. The van der Waals surface area contributed by atoms with Crippen molar-refractivity contribution in [2.45, 2.75) is 39.3 Å². The Morgan fingerprint density at radius 2 is 2.22 bits per heavy atom. The van der Waals surface area contributed by atoms with Crippen LogP contribution in [0.5, 0.6) is 0 Å². The topological polar surface area (TPSA) is 57.5 Å². The van der Waals surface area contributed by atoms with Gasteiger partial charge in [0, 0.05) is 41.1 Å². The molecule has 0 N–H and O–H groups in total. The SMILES string of the molecule is Cc1cc(C(=O)COC(=O)C=Cc2ccc(Cl)s2)c(C)n1CC1CCCO1. The molecular weight excluding hydrogens is 386 g/mol. The molecule has 2 aromatic rings. The third-order valence-electron chi connectivity index (χ3n) is 4.61. The summed E-state index contributed by atoms with van der Waals surface area (Å²) in [5.74, 6) is -0.761. The van der Waals surface area contributed by atoms with Crippen LogP contribution >= 0.6 is 22.9 Å². The van der Waals surface area contributed by atoms with Crippen molar-refractivity contribution in [3.63, 3.8) is 0 Å². The number of esters is 1. The van der Waals surface area contributed by atoms with Crippen molar-refractivity contribution in [1.29, 1.82) is 0 Å². The lowest BCUT2D eigenvalue weighted by molar-refractivity contribution is -0.136. The third-order valence-corrected chi connectivity index (χ3v) is 5.80. The average Bonchev–Trinajstić information content (AvgIpc) is 3.36.